The Bertz CT molecular complexity index is 822. The summed E-state index contributed by atoms with van der Waals surface area (Å²) in [5, 5.41) is 5.68. The summed E-state index contributed by atoms with van der Waals surface area (Å²) < 4.78 is 7.71. The lowest BCUT2D eigenvalue weighted by Gasteiger charge is -2.58. The number of rotatable bonds is 6. The van der Waals surface area contributed by atoms with Crippen molar-refractivity contribution in [3.63, 3.8) is 0 Å². The van der Waals surface area contributed by atoms with Crippen molar-refractivity contribution in [3.8, 4) is 0 Å². The second kappa shape index (κ2) is 7.41. The fraction of sp³-hybridized carbons (Fsp3) is 0.700. The highest BCUT2D eigenvalue weighted by Gasteiger charge is 2.55. The number of thiazole rings is 1. The van der Waals surface area contributed by atoms with Gasteiger partial charge < -0.3 is 10.1 Å². The molecule has 1 spiro atoms. The van der Waals surface area contributed by atoms with Crippen molar-refractivity contribution >= 4 is 16.3 Å². The fourth-order valence-corrected chi connectivity index (χ4v) is 5.78. The topological polar surface area (TPSA) is 55.6 Å². The van der Waals surface area contributed by atoms with E-state index in [2.05, 4.69) is 17.2 Å². The number of aromatic nitrogens is 2. The minimum atomic E-state index is 0.0868. The lowest BCUT2D eigenvalue weighted by molar-refractivity contribution is -0.149. The standard InChI is InChI=1S/C20H29N3O2S/c1-3-25-17-13-16(20(17)8-5-4-6-9-20)21-10-7-15-14(2)22-19-23(18(15)24)11-12-26-19/h11-12,16-17,21H,3-10,13H2,1-2H3. The van der Waals surface area contributed by atoms with Crippen LogP contribution in [0.15, 0.2) is 16.4 Å². The molecule has 0 saturated heterocycles. The molecule has 2 aromatic heterocycles. The van der Waals surface area contributed by atoms with Crippen LogP contribution in [0.2, 0.25) is 0 Å². The van der Waals surface area contributed by atoms with Crippen LogP contribution >= 0.6 is 11.3 Å². The van der Waals surface area contributed by atoms with Crippen LogP contribution < -0.4 is 10.9 Å². The molecule has 4 rings (SSSR count). The molecule has 2 unspecified atom stereocenters. The molecule has 0 amide bonds. The summed E-state index contributed by atoms with van der Waals surface area (Å²) in [5.74, 6) is 0. The van der Waals surface area contributed by atoms with E-state index in [1.165, 1.54) is 43.4 Å². The molecule has 2 heterocycles. The quantitative estimate of drug-likeness (QED) is 0.841. The Labute approximate surface area is 158 Å². The lowest BCUT2D eigenvalue weighted by Crippen LogP contribution is -2.64. The second-order valence-corrected chi connectivity index (χ2v) is 8.64. The first kappa shape index (κ1) is 18.1. The van der Waals surface area contributed by atoms with Gasteiger partial charge in [0.05, 0.1) is 6.10 Å². The Kier molecular flexibility index (Phi) is 5.17. The van der Waals surface area contributed by atoms with Gasteiger partial charge in [0.25, 0.3) is 5.56 Å². The zero-order chi connectivity index (χ0) is 18.1. The van der Waals surface area contributed by atoms with Gasteiger partial charge in [0, 0.05) is 40.9 Å². The summed E-state index contributed by atoms with van der Waals surface area (Å²) in [7, 11) is 0. The lowest BCUT2D eigenvalue weighted by atomic mass is 9.55. The number of nitrogens with zero attached hydrogens (tertiary/aromatic N) is 2. The van der Waals surface area contributed by atoms with Gasteiger partial charge in [-0.25, -0.2) is 4.98 Å². The Hall–Kier alpha value is -1.24. The van der Waals surface area contributed by atoms with E-state index in [0.29, 0.717) is 17.6 Å². The van der Waals surface area contributed by atoms with Gasteiger partial charge in [-0.15, -0.1) is 11.3 Å². The summed E-state index contributed by atoms with van der Waals surface area (Å²) in [6.45, 7) is 5.69. The molecule has 6 heteroatoms. The van der Waals surface area contributed by atoms with Crippen LogP contribution in [0, 0.1) is 12.3 Å². The van der Waals surface area contributed by atoms with Gasteiger partial charge in [0.2, 0.25) is 0 Å². The third kappa shape index (κ3) is 3.02. The average Bonchev–Trinajstić information content (AvgIpc) is 3.12. The van der Waals surface area contributed by atoms with E-state index in [0.717, 1.165) is 42.2 Å². The van der Waals surface area contributed by atoms with E-state index < -0.39 is 0 Å². The summed E-state index contributed by atoms with van der Waals surface area (Å²) in [5.41, 5.74) is 2.12. The normalized spacial score (nSPS) is 24.8. The number of hydrogen-bond donors (Lipinski definition) is 1. The minimum absolute atomic E-state index is 0.0868. The largest absolute Gasteiger partial charge is 0.378 e. The van der Waals surface area contributed by atoms with Crippen molar-refractivity contribution in [3.05, 3.63) is 33.2 Å². The Morgan fingerprint density at radius 1 is 1.38 bits per heavy atom. The third-order valence-corrected chi connectivity index (χ3v) is 7.23. The molecule has 0 bridgehead atoms. The van der Waals surface area contributed by atoms with Crippen LogP contribution in [0.3, 0.4) is 0 Å². The molecule has 0 aromatic carbocycles. The van der Waals surface area contributed by atoms with Crippen molar-refractivity contribution in [2.24, 2.45) is 5.41 Å². The molecule has 0 aliphatic heterocycles. The van der Waals surface area contributed by atoms with Gasteiger partial charge >= 0.3 is 0 Å². The van der Waals surface area contributed by atoms with Crippen LogP contribution in [0.25, 0.3) is 4.96 Å². The van der Waals surface area contributed by atoms with Crippen LogP contribution in [-0.2, 0) is 11.2 Å². The van der Waals surface area contributed by atoms with Gasteiger partial charge in [0.1, 0.15) is 0 Å². The van der Waals surface area contributed by atoms with Crippen molar-refractivity contribution < 1.29 is 4.74 Å². The molecule has 0 radical (unpaired) electrons. The predicted octanol–water partition coefficient (Wildman–Crippen LogP) is 3.32. The predicted molar refractivity (Wildman–Crippen MR) is 105 cm³/mol. The first-order valence-corrected chi connectivity index (χ1v) is 10.8. The monoisotopic (exact) mass is 375 g/mol. The number of aryl methyl sites for hydroxylation is 1. The molecule has 2 aliphatic rings. The maximum atomic E-state index is 12.7. The average molecular weight is 376 g/mol. The second-order valence-electron chi connectivity index (χ2n) is 7.77. The van der Waals surface area contributed by atoms with E-state index >= 15 is 0 Å². The Balaban J connectivity index is 1.43. The zero-order valence-electron chi connectivity index (χ0n) is 15.8. The Morgan fingerprint density at radius 3 is 2.96 bits per heavy atom. The molecule has 2 aromatic rings. The van der Waals surface area contributed by atoms with Crippen molar-refractivity contribution in [1.82, 2.24) is 14.7 Å². The zero-order valence-corrected chi connectivity index (χ0v) is 16.6. The fourth-order valence-electron chi connectivity index (χ4n) is 5.03. The summed E-state index contributed by atoms with van der Waals surface area (Å²) in [6, 6.07) is 0.528. The SMILES string of the molecule is CCOC1CC(NCCc2c(C)nc3sccn3c2=O)C12CCCCC2. The van der Waals surface area contributed by atoms with Crippen molar-refractivity contribution in [2.45, 2.75) is 70.9 Å². The van der Waals surface area contributed by atoms with E-state index in [9.17, 15) is 4.79 Å². The third-order valence-electron chi connectivity index (χ3n) is 6.47. The molecule has 1 N–H and O–H groups in total. The molecule has 2 saturated carbocycles. The molecule has 2 aliphatic carbocycles. The van der Waals surface area contributed by atoms with Gasteiger partial charge in [-0.2, -0.15) is 0 Å². The molecule has 26 heavy (non-hydrogen) atoms. The minimum Gasteiger partial charge on any atom is -0.378 e. The first-order chi connectivity index (χ1) is 12.7. The van der Waals surface area contributed by atoms with Crippen molar-refractivity contribution in [1.29, 1.82) is 0 Å². The number of nitrogens with one attached hydrogen (secondary N) is 1. The smallest absolute Gasteiger partial charge is 0.261 e. The highest BCUT2D eigenvalue weighted by molar-refractivity contribution is 7.15. The van der Waals surface area contributed by atoms with Crippen molar-refractivity contribution in [2.75, 3.05) is 13.2 Å². The molecule has 5 nitrogen and oxygen atoms in total. The van der Waals surface area contributed by atoms with Gasteiger partial charge in [0.15, 0.2) is 4.96 Å². The maximum absolute atomic E-state index is 12.7. The van der Waals surface area contributed by atoms with Gasteiger partial charge in [-0.1, -0.05) is 19.3 Å². The van der Waals surface area contributed by atoms with E-state index in [1.807, 2.05) is 18.5 Å². The van der Waals surface area contributed by atoms with Crippen LogP contribution in [0.1, 0.15) is 56.7 Å². The van der Waals surface area contributed by atoms with E-state index in [4.69, 9.17) is 4.74 Å². The summed E-state index contributed by atoms with van der Waals surface area (Å²) in [4.78, 5) is 18.0. The first-order valence-electron chi connectivity index (χ1n) is 9.96. The molecule has 142 valence electrons. The highest BCUT2D eigenvalue weighted by atomic mass is 32.1. The molecule has 2 fully saturated rings. The highest BCUT2D eigenvalue weighted by Crippen LogP contribution is 2.53. The number of fused-ring (bicyclic) bond motifs is 1. The maximum Gasteiger partial charge on any atom is 0.261 e. The van der Waals surface area contributed by atoms with Crippen LogP contribution in [0.4, 0.5) is 0 Å². The Morgan fingerprint density at radius 2 is 2.19 bits per heavy atom. The number of ether oxygens (including phenoxy) is 1. The number of hydrogen-bond acceptors (Lipinski definition) is 5. The van der Waals surface area contributed by atoms with Crippen LogP contribution in [-0.4, -0.2) is 34.7 Å². The van der Waals surface area contributed by atoms with Gasteiger partial charge in [-0.3, -0.25) is 9.20 Å². The summed E-state index contributed by atoms with van der Waals surface area (Å²) in [6.07, 6.45) is 10.6. The van der Waals surface area contributed by atoms with Crippen LogP contribution in [0.5, 0.6) is 0 Å². The molecular weight excluding hydrogens is 346 g/mol. The van der Waals surface area contributed by atoms with E-state index in [1.54, 1.807) is 4.40 Å². The molecular formula is C20H29N3O2S. The molecule has 2 atom stereocenters. The summed E-state index contributed by atoms with van der Waals surface area (Å²) >= 11 is 1.51. The van der Waals surface area contributed by atoms with Gasteiger partial charge in [-0.05, 0) is 46.1 Å². The van der Waals surface area contributed by atoms with E-state index in [-0.39, 0.29) is 5.56 Å².